The lowest BCUT2D eigenvalue weighted by molar-refractivity contribution is -0.253. The Kier molecular flexibility index (Phi) is 5.88. The largest absolute Gasteiger partial charge is 0.441 e. The quantitative estimate of drug-likeness (QED) is 0.357. The van der Waals surface area contributed by atoms with Gasteiger partial charge in [-0.1, -0.05) is 23.7 Å². The van der Waals surface area contributed by atoms with Crippen molar-refractivity contribution in [1.29, 1.82) is 0 Å². The van der Waals surface area contributed by atoms with Crippen molar-refractivity contribution < 1.29 is 30.8 Å². The molecule has 1 aromatic heterocycles. The smallest absolute Gasteiger partial charge is 0.404 e. The molecule has 0 aliphatic carbocycles. The second-order valence-corrected chi connectivity index (χ2v) is 8.55. The molecule has 3 aromatic rings. The van der Waals surface area contributed by atoms with E-state index in [9.17, 15) is 26.3 Å². The third-order valence-corrected chi connectivity index (χ3v) is 6.00. The molecule has 0 radical (unpaired) electrons. The van der Waals surface area contributed by atoms with Gasteiger partial charge in [0, 0.05) is 22.3 Å². The molecule has 33 heavy (non-hydrogen) atoms. The van der Waals surface area contributed by atoms with Gasteiger partial charge >= 0.3 is 12.4 Å². The van der Waals surface area contributed by atoms with Gasteiger partial charge in [-0.15, -0.1) is 0 Å². The standard InChI is InChI=1S/C23H19ClF6N2O/c1-12-9-16-10-15(20(22(25,26)27)23(28,29)30)5-8-19(16)32(12)11-18-13(2)33-21(31-18)14-3-6-17(24)7-4-14/h3-8,10,12,20H,9,11H2,1-2H3. The zero-order valence-electron chi connectivity index (χ0n) is 17.6. The molecule has 0 saturated heterocycles. The molecular formula is C23H19ClF6N2O. The average molecular weight is 489 g/mol. The number of aryl methyl sites for hydroxylation is 1. The summed E-state index contributed by atoms with van der Waals surface area (Å²) >= 11 is 5.91. The van der Waals surface area contributed by atoms with E-state index in [1.54, 1.807) is 31.2 Å². The van der Waals surface area contributed by atoms with Gasteiger partial charge in [0.25, 0.3) is 0 Å². The number of benzene rings is 2. The molecule has 0 saturated carbocycles. The van der Waals surface area contributed by atoms with E-state index in [2.05, 4.69) is 4.98 Å². The highest BCUT2D eigenvalue weighted by Crippen LogP contribution is 2.48. The molecule has 10 heteroatoms. The molecule has 3 nitrogen and oxygen atoms in total. The van der Waals surface area contributed by atoms with E-state index < -0.39 is 23.8 Å². The van der Waals surface area contributed by atoms with Crippen LogP contribution in [0.4, 0.5) is 32.0 Å². The fraction of sp³-hybridized carbons (Fsp3) is 0.348. The maximum Gasteiger partial charge on any atom is 0.404 e. The Hall–Kier alpha value is -2.68. The summed E-state index contributed by atoms with van der Waals surface area (Å²) < 4.78 is 84.6. The zero-order chi connectivity index (χ0) is 24.1. The summed E-state index contributed by atoms with van der Waals surface area (Å²) in [5, 5.41) is 0.572. The Morgan fingerprint density at radius 2 is 1.70 bits per heavy atom. The Morgan fingerprint density at radius 3 is 2.30 bits per heavy atom. The summed E-state index contributed by atoms with van der Waals surface area (Å²) in [7, 11) is 0. The third kappa shape index (κ3) is 4.69. The van der Waals surface area contributed by atoms with Crippen molar-refractivity contribution >= 4 is 17.3 Å². The number of hydrogen-bond acceptors (Lipinski definition) is 3. The molecule has 1 aliphatic heterocycles. The van der Waals surface area contributed by atoms with Crippen LogP contribution in [0.15, 0.2) is 46.9 Å². The lowest BCUT2D eigenvalue weighted by Crippen LogP contribution is -2.34. The van der Waals surface area contributed by atoms with E-state index in [0.29, 0.717) is 46.6 Å². The van der Waals surface area contributed by atoms with Gasteiger partial charge in [-0.25, -0.2) is 4.98 Å². The number of hydrogen-bond donors (Lipinski definition) is 0. The second kappa shape index (κ2) is 8.27. The lowest BCUT2D eigenvalue weighted by atomic mass is 9.95. The SMILES string of the molecule is Cc1oc(-c2ccc(Cl)cc2)nc1CN1c2ccc(C(C(F)(F)F)C(F)(F)F)cc2CC1C. The Labute approximate surface area is 191 Å². The van der Waals surface area contributed by atoms with E-state index in [1.807, 2.05) is 11.8 Å². The lowest BCUT2D eigenvalue weighted by Gasteiger charge is -2.25. The first-order valence-corrected chi connectivity index (χ1v) is 10.5. The molecule has 2 aromatic carbocycles. The molecule has 4 rings (SSSR count). The van der Waals surface area contributed by atoms with Crippen LogP contribution in [-0.4, -0.2) is 23.4 Å². The molecular weight excluding hydrogens is 470 g/mol. The molecule has 1 unspecified atom stereocenters. The fourth-order valence-electron chi connectivity index (χ4n) is 4.15. The average Bonchev–Trinajstić information content (AvgIpc) is 3.20. The van der Waals surface area contributed by atoms with Gasteiger partial charge in [0.1, 0.15) is 11.5 Å². The first kappa shape index (κ1) is 23.5. The molecule has 2 heterocycles. The molecule has 176 valence electrons. The summed E-state index contributed by atoms with van der Waals surface area (Å²) in [5.41, 5.74) is 1.60. The topological polar surface area (TPSA) is 29.3 Å². The van der Waals surface area contributed by atoms with Gasteiger partial charge in [-0.05, 0) is 61.7 Å². The van der Waals surface area contributed by atoms with Crippen molar-refractivity contribution in [3.05, 3.63) is 70.1 Å². The van der Waals surface area contributed by atoms with Crippen molar-refractivity contribution in [2.24, 2.45) is 0 Å². The first-order valence-electron chi connectivity index (χ1n) is 10.1. The number of rotatable bonds is 4. The number of anilines is 1. The van der Waals surface area contributed by atoms with Crippen LogP contribution in [0, 0.1) is 6.92 Å². The van der Waals surface area contributed by atoms with Gasteiger partial charge in [0.2, 0.25) is 5.89 Å². The fourth-order valence-corrected chi connectivity index (χ4v) is 4.28. The minimum Gasteiger partial charge on any atom is -0.441 e. The summed E-state index contributed by atoms with van der Waals surface area (Å²) in [5.74, 6) is -2.54. The van der Waals surface area contributed by atoms with Gasteiger partial charge in [0.15, 0.2) is 5.92 Å². The maximum absolute atomic E-state index is 13.1. The number of fused-ring (bicyclic) bond motifs is 1. The van der Waals surface area contributed by atoms with E-state index in [-0.39, 0.29) is 6.04 Å². The normalized spacial score (nSPS) is 16.5. The van der Waals surface area contributed by atoms with Crippen molar-refractivity contribution in [3.8, 4) is 11.5 Å². The van der Waals surface area contributed by atoms with Crippen molar-refractivity contribution in [1.82, 2.24) is 4.98 Å². The Balaban J connectivity index is 1.62. The summed E-state index contributed by atoms with van der Waals surface area (Å²) in [4.78, 5) is 6.45. The predicted molar refractivity (Wildman–Crippen MR) is 112 cm³/mol. The highest BCUT2D eigenvalue weighted by atomic mass is 35.5. The molecule has 0 spiro atoms. The van der Waals surface area contributed by atoms with Crippen LogP contribution in [0.25, 0.3) is 11.5 Å². The number of alkyl halides is 6. The Bertz CT molecular complexity index is 1140. The van der Waals surface area contributed by atoms with Gasteiger partial charge in [-0.2, -0.15) is 26.3 Å². The van der Waals surface area contributed by atoms with E-state index in [1.165, 1.54) is 6.07 Å². The molecule has 0 fully saturated rings. The number of nitrogens with zero attached hydrogens (tertiary/aromatic N) is 2. The van der Waals surface area contributed by atoms with Crippen LogP contribution in [-0.2, 0) is 13.0 Å². The minimum absolute atomic E-state index is 0.138. The molecule has 0 amide bonds. The van der Waals surface area contributed by atoms with Gasteiger partial charge in [-0.3, -0.25) is 0 Å². The van der Waals surface area contributed by atoms with Crippen LogP contribution in [0.2, 0.25) is 5.02 Å². The van der Waals surface area contributed by atoms with Gasteiger partial charge in [0.05, 0.1) is 6.54 Å². The second-order valence-electron chi connectivity index (χ2n) is 8.11. The highest BCUT2D eigenvalue weighted by molar-refractivity contribution is 6.30. The maximum atomic E-state index is 13.1. The monoisotopic (exact) mass is 488 g/mol. The Morgan fingerprint density at radius 1 is 1.06 bits per heavy atom. The zero-order valence-corrected chi connectivity index (χ0v) is 18.3. The van der Waals surface area contributed by atoms with Crippen molar-refractivity contribution in [3.63, 3.8) is 0 Å². The summed E-state index contributed by atoms with van der Waals surface area (Å²) in [6.45, 7) is 3.92. The van der Waals surface area contributed by atoms with Crippen LogP contribution in [0.5, 0.6) is 0 Å². The van der Waals surface area contributed by atoms with Gasteiger partial charge < -0.3 is 9.32 Å². The number of halogens is 7. The van der Waals surface area contributed by atoms with E-state index in [4.69, 9.17) is 16.0 Å². The van der Waals surface area contributed by atoms with Crippen LogP contribution < -0.4 is 4.90 Å². The van der Waals surface area contributed by atoms with Crippen LogP contribution in [0.3, 0.4) is 0 Å². The molecule has 1 atom stereocenters. The molecule has 1 aliphatic rings. The number of oxazole rings is 1. The summed E-state index contributed by atoms with van der Waals surface area (Å²) in [6, 6.07) is 10.1. The van der Waals surface area contributed by atoms with Crippen molar-refractivity contribution in [2.45, 2.75) is 51.1 Å². The number of aromatic nitrogens is 1. The predicted octanol–water partition coefficient (Wildman–Crippen LogP) is 7.46. The molecule has 0 N–H and O–H groups in total. The summed E-state index contributed by atoms with van der Waals surface area (Å²) in [6.07, 6.45) is -10.5. The third-order valence-electron chi connectivity index (χ3n) is 5.75. The highest BCUT2D eigenvalue weighted by Gasteiger charge is 2.57. The van der Waals surface area contributed by atoms with E-state index in [0.717, 1.165) is 17.7 Å². The van der Waals surface area contributed by atoms with E-state index >= 15 is 0 Å². The van der Waals surface area contributed by atoms with Crippen LogP contribution >= 0.6 is 11.6 Å². The van der Waals surface area contributed by atoms with Crippen LogP contribution in [0.1, 0.15) is 35.4 Å². The minimum atomic E-state index is -5.42. The molecule has 0 bridgehead atoms. The van der Waals surface area contributed by atoms with Crippen molar-refractivity contribution in [2.75, 3.05) is 4.90 Å². The first-order chi connectivity index (χ1) is 15.3.